The van der Waals surface area contributed by atoms with Crippen LogP contribution >= 0.6 is 11.6 Å². The maximum atomic E-state index is 13.5. The third-order valence-corrected chi connectivity index (χ3v) is 5.74. The van der Waals surface area contributed by atoms with Crippen molar-refractivity contribution in [1.82, 2.24) is 10.2 Å². The molecular formula is C24H25ClF4N2O3. The number of rotatable bonds is 3. The van der Waals surface area contributed by atoms with Crippen LogP contribution in [0.4, 0.5) is 22.4 Å². The van der Waals surface area contributed by atoms with Gasteiger partial charge in [0.25, 0.3) is 5.91 Å². The van der Waals surface area contributed by atoms with Gasteiger partial charge in [-0.2, -0.15) is 13.2 Å². The molecule has 34 heavy (non-hydrogen) atoms. The molecule has 5 nitrogen and oxygen atoms in total. The standard InChI is InChI=1S/C24H25ClF4N2O3/c1-23(2,3)34-22(33)31-11-10-20(17(13-31)14-4-7-16(26)8-5-14)30-21(32)15-6-9-19(25)18(12-15)24(27,28)29/h4-9,12,17,20H,10-11,13H2,1-3H3,(H,30,32)/t17-,20+/m0/s1. The average molecular weight is 501 g/mol. The minimum atomic E-state index is -4.71. The van der Waals surface area contributed by atoms with Gasteiger partial charge in [-0.25, -0.2) is 9.18 Å². The Morgan fingerprint density at radius 3 is 2.32 bits per heavy atom. The van der Waals surface area contributed by atoms with Crippen LogP contribution in [0.1, 0.15) is 54.6 Å². The van der Waals surface area contributed by atoms with Crippen LogP contribution in [0.5, 0.6) is 0 Å². The lowest BCUT2D eigenvalue weighted by atomic mass is 9.85. The van der Waals surface area contributed by atoms with Crippen molar-refractivity contribution in [1.29, 1.82) is 0 Å². The van der Waals surface area contributed by atoms with Gasteiger partial charge < -0.3 is 15.0 Å². The Bertz CT molecular complexity index is 1050. The van der Waals surface area contributed by atoms with E-state index >= 15 is 0 Å². The Balaban J connectivity index is 1.84. The maximum absolute atomic E-state index is 13.5. The predicted molar refractivity (Wildman–Crippen MR) is 119 cm³/mol. The lowest BCUT2D eigenvalue weighted by Gasteiger charge is -2.39. The van der Waals surface area contributed by atoms with E-state index in [0.29, 0.717) is 18.1 Å². The molecule has 1 aliphatic heterocycles. The van der Waals surface area contributed by atoms with Crippen LogP contribution < -0.4 is 5.32 Å². The first kappa shape index (κ1) is 25.8. The third kappa shape index (κ3) is 6.40. The molecule has 0 saturated carbocycles. The van der Waals surface area contributed by atoms with Gasteiger partial charge in [-0.05, 0) is 63.1 Å². The first-order valence-electron chi connectivity index (χ1n) is 10.7. The molecule has 0 bridgehead atoms. The molecule has 0 aromatic heterocycles. The summed E-state index contributed by atoms with van der Waals surface area (Å²) >= 11 is 5.65. The molecule has 1 aliphatic rings. The summed E-state index contributed by atoms with van der Waals surface area (Å²) in [7, 11) is 0. The van der Waals surface area contributed by atoms with Gasteiger partial charge in [0.05, 0.1) is 10.6 Å². The predicted octanol–water partition coefficient (Wildman–Crippen LogP) is 6.02. The molecule has 0 radical (unpaired) electrons. The number of nitrogens with zero attached hydrogens (tertiary/aromatic N) is 1. The third-order valence-electron chi connectivity index (χ3n) is 5.41. The number of carbonyl (C=O) groups excluding carboxylic acids is 2. The molecule has 1 N–H and O–H groups in total. The van der Waals surface area contributed by atoms with Crippen LogP contribution in [-0.2, 0) is 10.9 Å². The van der Waals surface area contributed by atoms with Gasteiger partial charge >= 0.3 is 12.3 Å². The lowest BCUT2D eigenvalue weighted by Crippen LogP contribution is -2.52. The van der Waals surface area contributed by atoms with E-state index in [1.165, 1.54) is 23.1 Å². The zero-order valence-corrected chi connectivity index (χ0v) is 19.6. The Hall–Kier alpha value is -2.81. The summed E-state index contributed by atoms with van der Waals surface area (Å²) in [5.41, 5.74) is -1.31. The molecule has 2 aromatic carbocycles. The molecule has 0 spiro atoms. The molecular weight excluding hydrogens is 476 g/mol. The van der Waals surface area contributed by atoms with Crippen LogP contribution in [0.3, 0.4) is 0 Å². The van der Waals surface area contributed by atoms with Gasteiger partial charge in [-0.3, -0.25) is 4.79 Å². The monoisotopic (exact) mass is 500 g/mol. The number of ether oxygens (including phenoxy) is 1. The number of likely N-dealkylation sites (tertiary alicyclic amines) is 1. The van der Waals surface area contributed by atoms with Crippen molar-refractivity contribution in [2.24, 2.45) is 0 Å². The highest BCUT2D eigenvalue weighted by molar-refractivity contribution is 6.31. The van der Waals surface area contributed by atoms with Crippen LogP contribution in [0.2, 0.25) is 5.02 Å². The second-order valence-corrected chi connectivity index (χ2v) is 9.55. The molecule has 0 aliphatic carbocycles. The number of alkyl halides is 3. The fourth-order valence-corrected chi connectivity index (χ4v) is 4.02. The van der Waals surface area contributed by atoms with Crippen molar-refractivity contribution in [3.05, 3.63) is 70.0 Å². The van der Waals surface area contributed by atoms with Crippen molar-refractivity contribution in [2.45, 2.75) is 50.9 Å². The largest absolute Gasteiger partial charge is 0.444 e. The van der Waals surface area contributed by atoms with Crippen molar-refractivity contribution >= 4 is 23.6 Å². The summed E-state index contributed by atoms with van der Waals surface area (Å²) in [6.45, 7) is 5.69. The molecule has 2 aromatic rings. The Labute approximate surface area is 200 Å². The fourth-order valence-electron chi connectivity index (χ4n) is 3.80. The zero-order valence-electron chi connectivity index (χ0n) is 18.9. The van der Waals surface area contributed by atoms with E-state index < -0.39 is 52.1 Å². The average Bonchev–Trinajstić information content (AvgIpc) is 2.73. The fraction of sp³-hybridized carbons (Fsp3) is 0.417. The maximum Gasteiger partial charge on any atom is 0.417 e. The summed E-state index contributed by atoms with van der Waals surface area (Å²) in [4.78, 5) is 27.0. The SMILES string of the molecule is CC(C)(C)OC(=O)N1CC[C@@H](NC(=O)c2ccc(Cl)c(C(F)(F)F)c2)[C@H](c2ccc(F)cc2)C1. The molecule has 184 valence electrons. The summed E-state index contributed by atoms with van der Waals surface area (Å²) in [6.07, 6.45) is -4.90. The van der Waals surface area contributed by atoms with Gasteiger partial charge in [0, 0.05) is 30.6 Å². The summed E-state index contributed by atoms with van der Waals surface area (Å²) in [5.74, 6) is -1.57. The molecule has 1 heterocycles. The molecule has 2 atom stereocenters. The van der Waals surface area contributed by atoms with E-state index in [2.05, 4.69) is 5.32 Å². The Kier molecular flexibility index (Phi) is 7.45. The van der Waals surface area contributed by atoms with E-state index in [1.807, 2.05) is 0 Å². The molecule has 1 fully saturated rings. The van der Waals surface area contributed by atoms with E-state index in [1.54, 1.807) is 32.9 Å². The Morgan fingerprint density at radius 1 is 1.09 bits per heavy atom. The highest BCUT2D eigenvalue weighted by Gasteiger charge is 2.37. The molecule has 3 rings (SSSR count). The first-order chi connectivity index (χ1) is 15.7. The van der Waals surface area contributed by atoms with E-state index in [4.69, 9.17) is 16.3 Å². The molecule has 1 saturated heterocycles. The molecule has 10 heteroatoms. The number of hydrogen-bond acceptors (Lipinski definition) is 3. The summed E-state index contributed by atoms with van der Waals surface area (Å²) in [6, 6.07) is 8.11. The second kappa shape index (κ2) is 9.82. The van der Waals surface area contributed by atoms with Crippen LogP contribution in [0.15, 0.2) is 42.5 Å². The van der Waals surface area contributed by atoms with Crippen molar-refractivity contribution in [3.63, 3.8) is 0 Å². The van der Waals surface area contributed by atoms with Gasteiger partial charge in [0.15, 0.2) is 0 Å². The number of hydrogen-bond donors (Lipinski definition) is 1. The van der Waals surface area contributed by atoms with Crippen LogP contribution in [0.25, 0.3) is 0 Å². The minimum absolute atomic E-state index is 0.180. The van der Waals surface area contributed by atoms with Gasteiger partial charge in [-0.1, -0.05) is 23.7 Å². The van der Waals surface area contributed by atoms with Gasteiger partial charge in [-0.15, -0.1) is 0 Å². The quantitative estimate of drug-likeness (QED) is 0.524. The van der Waals surface area contributed by atoms with Crippen LogP contribution in [-0.4, -0.2) is 41.6 Å². The normalized spacial score (nSPS) is 19.0. The van der Waals surface area contributed by atoms with Crippen molar-refractivity contribution < 1.29 is 31.9 Å². The van der Waals surface area contributed by atoms with Crippen molar-refractivity contribution in [3.8, 4) is 0 Å². The van der Waals surface area contributed by atoms with E-state index in [-0.39, 0.29) is 18.7 Å². The lowest BCUT2D eigenvalue weighted by molar-refractivity contribution is -0.137. The summed E-state index contributed by atoms with van der Waals surface area (Å²) < 4.78 is 58.5. The number of amides is 2. The van der Waals surface area contributed by atoms with E-state index in [0.717, 1.165) is 6.07 Å². The van der Waals surface area contributed by atoms with Gasteiger partial charge in [0.1, 0.15) is 11.4 Å². The number of piperidine rings is 1. The minimum Gasteiger partial charge on any atom is -0.444 e. The number of halogens is 5. The van der Waals surface area contributed by atoms with Gasteiger partial charge in [0.2, 0.25) is 0 Å². The highest BCUT2D eigenvalue weighted by Crippen LogP contribution is 2.35. The van der Waals surface area contributed by atoms with Crippen LogP contribution in [0, 0.1) is 5.82 Å². The summed E-state index contributed by atoms with van der Waals surface area (Å²) in [5, 5.41) is 2.28. The topological polar surface area (TPSA) is 58.6 Å². The molecule has 0 unspecified atom stereocenters. The second-order valence-electron chi connectivity index (χ2n) is 9.15. The molecule has 2 amide bonds. The number of nitrogens with one attached hydrogen (secondary N) is 1. The number of carbonyl (C=O) groups is 2. The Morgan fingerprint density at radius 2 is 1.74 bits per heavy atom. The van der Waals surface area contributed by atoms with Crippen molar-refractivity contribution in [2.75, 3.05) is 13.1 Å². The first-order valence-corrected chi connectivity index (χ1v) is 11.0. The highest BCUT2D eigenvalue weighted by atomic mass is 35.5. The number of benzene rings is 2. The zero-order chi connectivity index (χ0) is 25.3. The smallest absolute Gasteiger partial charge is 0.417 e. The van der Waals surface area contributed by atoms with E-state index in [9.17, 15) is 27.2 Å².